The highest BCUT2D eigenvalue weighted by molar-refractivity contribution is 6.08. The summed E-state index contributed by atoms with van der Waals surface area (Å²) in [6.45, 7) is 0. The van der Waals surface area contributed by atoms with E-state index < -0.39 is 0 Å². The Labute approximate surface area is 288 Å². The molecule has 6 aromatic carbocycles. The number of hydrogen-bond donors (Lipinski definition) is 0. The first-order chi connectivity index (χ1) is 24.8. The lowest BCUT2D eigenvalue weighted by Gasteiger charge is -2.11. The van der Waals surface area contributed by atoms with E-state index in [1.54, 1.807) is 0 Å². The highest BCUT2D eigenvalue weighted by Crippen LogP contribution is 2.35. The molecule has 0 unspecified atom stereocenters. The largest absolute Gasteiger partial charge is 0.454 e. The SMILES string of the molecule is C1=c2c(n(-c3cccc4c3oc3ccccc34)c3cccc(-c4nc(-c5ccccc5)nc(-c5cccc(-c6ccccc6)c5)n4)c23)=CCC1. The van der Waals surface area contributed by atoms with Crippen LogP contribution in [0.2, 0.25) is 0 Å². The van der Waals surface area contributed by atoms with E-state index in [0.717, 1.165) is 79.2 Å². The molecule has 10 rings (SSSR count). The minimum absolute atomic E-state index is 0.638. The standard InChI is InChI=1S/C45H30N4O/c1-3-14-29(15-4-1)31-18-11-19-32(28-31)44-46-43(30-16-5-2-6-17-30)47-45(48-44)36-23-13-25-38-41(36)35-21-7-9-24-37(35)49(38)39-26-12-22-34-33-20-8-10-27-40(33)50-42(34)39/h1-6,8,10-28H,7,9H2. The molecule has 5 heteroatoms. The number of para-hydroxylation sites is 2. The molecule has 0 saturated heterocycles. The maximum atomic E-state index is 6.56. The van der Waals surface area contributed by atoms with Crippen LogP contribution in [-0.2, 0) is 0 Å². The van der Waals surface area contributed by atoms with Crippen LogP contribution in [0.15, 0.2) is 150 Å². The molecule has 0 aliphatic heterocycles. The van der Waals surface area contributed by atoms with Gasteiger partial charge in [-0.1, -0.05) is 133 Å². The van der Waals surface area contributed by atoms with Crippen molar-refractivity contribution in [3.8, 4) is 51.0 Å². The average molecular weight is 643 g/mol. The molecule has 50 heavy (non-hydrogen) atoms. The molecule has 0 bridgehead atoms. The van der Waals surface area contributed by atoms with Gasteiger partial charge in [-0.2, -0.15) is 0 Å². The number of nitrogens with zero attached hydrogens (tertiary/aromatic N) is 4. The third-order valence-corrected chi connectivity index (χ3v) is 9.68. The predicted octanol–water partition coefficient (Wildman–Crippen LogP) is 9.74. The van der Waals surface area contributed by atoms with Crippen molar-refractivity contribution < 1.29 is 4.42 Å². The quantitative estimate of drug-likeness (QED) is 0.188. The lowest BCUT2D eigenvalue weighted by molar-refractivity contribution is 0.665. The van der Waals surface area contributed by atoms with Crippen molar-refractivity contribution in [3.63, 3.8) is 0 Å². The van der Waals surface area contributed by atoms with Crippen molar-refractivity contribution in [2.24, 2.45) is 0 Å². The van der Waals surface area contributed by atoms with E-state index in [4.69, 9.17) is 19.4 Å². The average Bonchev–Trinajstić information content (AvgIpc) is 3.75. The zero-order valence-corrected chi connectivity index (χ0v) is 27.1. The summed E-state index contributed by atoms with van der Waals surface area (Å²) in [6, 6.07) is 50.2. The molecule has 0 saturated carbocycles. The molecule has 0 amide bonds. The second-order valence-corrected chi connectivity index (χ2v) is 12.7. The molecule has 3 aromatic heterocycles. The molecule has 0 fully saturated rings. The third-order valence-electron chi connectivity index (χ3n) is 9.68. The van der Waals surface area contributed by atoms with Gasteiger partial charge in [0.25, 0.3) is 0 Å². The van der Waals surface area contributed by atoms with Crippen LogP contribution in [0.1, 0.15) is 12.8 Å². The van der Waals surface area contributed by atoms with Gasteiger partial charge in [-0.3, -0.25) is 0 Å². The van der Waals surface area contributed by atoms with E-state index in [9.17, 15) is 0 Å². The van der Waals surface area contributed by atoms with E-state index >= 15 is 0 Å². The first-order valence-electron chi connectivity index (χ1n) is 17.0. The van der Waals surface area contributed by atoms with E-state index in [2.05, 4.69) is 126 Å². The Morgan fingerprint density at radius 1 is 0.500 bits per heavy atom. The number of hydrogen-bond acceptors (Lipinski definition) is 4. The minimum Gasteiger partial charge on any atom is -0.454 e. The van der Waals surface area contributed by atoms with Gasteiger partial charge in [0.2, 0.25) is 0 Å². The Bertz CT molecular complexity index is 2870. The van der Waals surface area contributed by atoms with Crippen LogP contribution in [0.5, 0.6) is 0 Å². The molecule has 236 valence electrons. The first kappa shape index (κ1) is 28.4. The van der Waals surface area contributed by atoms with Crippen LogP contribution in [0.25, 0.3) is 96.0 Å². The van der Waals surface area contributed by atoms with Crippen LogP contribution in [0.4, 0.5) is 0 Å². The summed E-state index contributed by atoms with van der Waals surface area (Å²) < 4.78 is 8.91. The molecule has 1 aliphatic rings. The number of rotatable bonds is 5. The van der Waals surface area contributed by atoms with E-state index in [1.807, 2.05) is 36.4 Å². The fourth-order valence-electron chi connectivity index (χ4n) is 7.41. The van der Waals surface area contributed by atoms with Crippen LogP contribution in [0, 0.1) is 0 Å². The molecular weight excluding hydrogens is 613 g/mol. The molecule has 0 radical (unpaired) electrons. The lowest BCUT2D eigenvalue weighted by atomic mass is 10.0. The summed E-state index contributed by atoms with van der Waals surface area (Å²) in [5.74, 6) is 1.92. The van der Waals surface area contributed by atoms with Gasteiger partial charge >= 0.3 is 0 Å². The van der Waals surface area contributed by atoms with Crippen molar-refractivity contribution in [2.45, 2.75) is 12.8 Å². The van der Waals surface area contributed by atoms with Crippen molar-refractivity contribution in [3.05, 3.63) is 156 Å². The Morgan fingerprint density at radius 2 is 1.14 bits per heavy atom. The molecule has 5 nitrogen and oxygen atoms in total. The van der Waals surface area contributed by atoms with Crippen LogP contribution < -0.4 is 10.6 Å². The van der Waals surface area contributed by atoms with Gasteiger partial charge in [-0.15, -0.1) is 0 Å². The topological polar surface area (TPSA) is 56.7 Å². The van der Waals surface area contributed by atoms with Crippen LogP contribution >= 0.6 is 0 Å². The summed E-state index contributed by atoms with van der Waals surface area (Å²) in [5.41, 5.74) is 9.00. The zero-order chi connectivity index (χ0) is 33.0. The van der Waals surface area contributed by atoms with Gasteiger partial charge in [-0.05, 0) is 48.2 Å². The van der Waals surface area contributed by atoms with Crippen molar-refractivity contribution in [1.29, 1.82) is 0 Å². The number of benzene rings is 6. The fraction of sp³-hybridized carbons (Fsp3) is 0.0444. The van der Waals surface area contributed by atoms with Gasteiger partial charge < -0.3 is 8.98 Å². The number of fused-ring (bicyclic) bond motifs is 6. The predicted molar refractivity (Wildman–Crippen MR) is 203 cm³/mol. The van der Waals surface area contributed by atoms with Crippen molar-refractivity contribution >= 4 is 45.0 Å². The van der Waals surface area contributed by atoms with Gasteiger partial charge in [0.1, 0.15) is 5.58 Å². The zero-order valence-electron chi connectivity index (χ0n) is 27.1. The summed E-state index contributed by atoms with van der Waals surface area (Å²) in [7, 11) is 0. The van der Waals surface area contributed by atoms with E-state index in [1.165, 1.54) is 10.6 Å². The summed E-state index contributed by atoms with van der Waals surface area (Å²) in [6.07, 6.45) is 6.66. The van der Waals surface area contributed by atoms with Gasteiger partial charge in [0, 0.05) is 43.4 Å². The lowest BCUT2D eigenvalue weighted by Crippen LogP contribution is -2.30. The Morgan fingerprint density at radius 3 is 2.00 bits per heavy atom. The molecule has 3 heterocycles. The monoisotopic (exact) mass is 642 g/mol. The molecular formula is C45H30N4O. The van der Waals surface area contributed by atoms with Gasteiger partial charge in [-0.25, -0.2) is 15.0 Å². The molecule has 9 aromatic rings. The van der Waals surface area contributed by atoms with Crippen LogP contribution in [-0.4, -0.2) is 19.5 Å². The smallest absolute Gasteiger partial charge is 0.164 e. The first-order valence-corrected chi connectivity index (χ1v) is 17.0. The van der Waals surface area contributed by atoms with Crippen molar-refractivity contribution in [1.82, 2.24) is 19.5 Å². The fourth-order valence-corrected chi connectivity index (χ4v) is 7.41. The van der Waals surface area contributed by atoms with Gasteiger partial charge in [0.05, 0.1) is 11.2 Å². The summed E-state index contributed by atoms with van der Waals surface area (Å²) >= 11 is 0. The van der Waals surface area contributed by atoms with Crippen molar-refractivity contribution in [2.75, 3.05) is 0 Å². The van der Waals surface area contributed by atoms with E-state index in [-0.39, 0.29) is 0 Å². The number of furan rings is 1. The maximum Gasteiger partial charge on any atom is 0.164 e. The second kappa shape index (κ2) is 11.5. The number of aromatic nitrogens is 4. The Balaban J connectivity index is 1.23. The van der Waals surface area contributed by atoms with E-state index in [0.29, 0.717) is 17.5 Å². The maximum absolute atomic E-state index is 6.56. The highest BCUT2D eigenvalue weighted by Gasteiger charge is 2.21. The minimum atomic E-state index is 0.638. The third kappa shape index (κ3) is 4.59. The molecule has 0 atom stereocenters. The highest BCUT2D eigenvalue weighted by atomic mass is 16.3. The molecule has 0 spiro atoms. The molecule has 0 N–H and O–H groups in total. The van der Waals surface area contributed by atoms with Gasteiger partial charge in [0.15, 0.2) is 23.1 Å². The summed E-state index contributed by atoms with van der Waals surface area (Å²) in [4.78, 5) is 15.4. The van der Waals surface area contributed by atoms with Crippen LogP contribution in [0.3, 0.4) is 0 Å². The Hall–Kier alpha value is -6.59. The Kier molecular flexibility index (Phi) is 6.56. The normalized spacial score (nSPS) is 12.6. The summed E-state index contributed by atoms with van der Waals surface area (Å²) in [5, 5.41) is 5.72. The second-order valence-electron chi connectivity index (χ2n) is 12.7. The molecule has 1 aliphatic carbocycles.